The molecule has 6 heteroatoms. The molecular formula is C23H19FN2O3. The van der Waals surface area contributed by atoms with E-state index in [-0.39, 0.29) is 18.1 Å². The van der Waals surface area contributed by atoms with E-state index in [1.165, 1.54) is 12.3 Å². The summed E-state index contributed by atoms with van der Waals surface area (Å²) in [5.74, 6) is -0.743. The van der Waals surface area contributed by atoms with Crippen molar-refractivity contribution in [2.24, 2.45) is 0 Å². The first kappa shape index (κ1) is 18.8. The Morgan fingerprint density at radius 1 is 1.03 bits per heavy atom. The molecule has 3 aromatic rings. The van der Waals surface area contributed by atoms with Gasteiger partial charge in [-0.15, -0.1) is 0 Å². The van der Waals surface area contributed by atoms with Gasteiger partial charge in [-0.2, -0.15) is 0 Å². The highest BCUT2D eigenvalue weighted by molar-refractivity contribution is 5.94. The lowest BCUT2D eigenvalue weighted by Crippen LogP contribution is -2.04. The van der Waals surface area contributed by atoms with Gasteiger partial charge in [0.25, 0.3) is 0 Å². The van der Waals surface area contributed by atoms with Crippen LogP contribution >= 0.6 is 0 Å². The first-order valence-electron chi connectivity index (χ1n) is 9.37. The van der Waals surface area contributed by atoms with Crippen LogP contribution in [-0.2, 0) is 6.61 Å². The molecule has 5 nitrogen and oxygen atoms in total. The number of nitrogens with zero attached hydrogens (tertiary/aromatic N) is 2. The zero-order valence-corrected chi connectivity index (χ0v) is 15.6. The van der Waals surface area contributed by atoms with Gasteiger partial charge >= 0.3 is 5.97 Å². The second-order valence-corrected chi connectivity index (χ2v) is 6.78. The van der Waals surface area contributed by atoms with Crippen molar-refractivity contribution in [2.45, 2.75) is 25.9 Å². The fraction of sp³-hybridized carbons (Fsp3) is 0.174. The van der Waals surface area contributed by atoms with Gasteiger partial charge in [0, 0.05) is 11.1 Å². The summed E-state index contributed by atoms with van der Waals surface area (Å²) in [6, 6.07) is 14.2. The molecule has 0 unspecified atom stereocenters. The maximum Gasteiger partial charge on any atom is 0.356 e. The lowest BCUT2D eigenvalue weighted by atomic mass is 9.99. The first-order valence-corrected chi connectivity index (χ1v) is 9.37. The Bertz CT molecular complexity index is 1090. The lowest BCUT2D eigenvalue weighted by Gasteiger charge is -2.14. The number of para-hydroxylation sites is 1. The van der Waals surface area contributed by atoms with Gasteiger partial charge in [-0.3, -0.25) is 4.98 Å². The van der Waals surface area contributed by atoms with Gasteiger partial charge < -0.3 is 9.84 Å². The van der Waals surface area contributed by atoms with Gasteiger partial charge in [0.2, 0.25) is 0 Å². The van der Waals surface area contributed by atoms with E-state index < -0.39 is 5.97 Å². The van der Waals surface area contributed by atoms with Gasteiger partial charge in [0.15, 0.2) is 5.69 Å². The number of ether oxygens (including phenoxy) is 1. The highest BCUT2D eigenvalue weighted by atomic mass is 19.1. The summed E-state index contributed by atoms with van der Waals surface area (Å²) in [6.07, 6.45) is 5.39. The molecule has 0 spiro atoms. The van der Waals surface area contributed by atoms with E-state index in [1.807, 2.05) is 24.3 Å². The highest BCUT2D eigenvalue weighted by Gasteiger charge is 2.22. The summed E-state index contributed by atoms with van der Waals surface area (Å²) >= 11 is 0. The molecule has 0 atom stereocenters. The van der Waals surface area contributed by atoms with Crippen molar-refractivity contribution in [1.29, 1.82) is 0 Å². The van der Waals surface area contributed by atoms with Crippen LogP contribution < -0.4 is 4.74 Å². The summed E-state index contributed by atoms with van der Waals surface area (Å²) in [7, 11) is 0. The average molecular weight is 390 g/mol. The Morgan fingerprint density at radius 3 is 2.62 bits per heavy atom. The number of halogens is 1. The first-order chi connectivity index (χ1) is 14.1. The Hall–Kier alpha value is -3.54. The highest BCUT2D eigenvalue weighted by Crippen LogP contribution is 2.42. The number of aromatic nitrogens is 2. The van der Waals surface area contributed by atoms with Crippen LogP contribution in [0.15, 0.2) is 60.9 Å². The normalized spacial score (nSPS) is 13.6. The van der Waals surface area contributed by atoms with Gasteiger partial charge in [0.1, 0.15) is 18.2 Å². The van der Waals surface area contributed by atoms with Gasteiger partial charge in [-0.05, 0) is 42.5 Å². The van der Waals surface area contributed by atoms with Crippen molar-refractivity contribution in [3.05, 3.63) is 89.3 Å². The number of carbonyl (C=O) groups is 1. The van der Waals surface area contributed by atoms with Gasteiger partial charge in [0.05, 0.1) is 18.1 Å². The number of allylic oxidation sites excluding steroid dienone is 2. The maximum atomic E-state index is 13.9. The minimum Gasteiger partial charge on any atom is -0.488 e. The summed E-state index contributed by atoms with van der Waals surface area (Å²) in [5.41, 5.74) is 3.93. The minimum atomic E-state index is -1.10. The van der Waals surface area contributed by atoms with Gasteiger partial charge in [-0.25, -0.2) is 14.2 Å². The molecule has 0 saturated carbocycles. The molecule has 4 rings (SSSR count). The fourth-order valence-electron chi connectivity index (χ4n) is 3.55. The van der Waals surface area contributed by atoms with Crippen LogP contribution in [0.2, 0.25) is 0 Å². The predicted octanol–water partition coefficient (Wildman–Crippen LogP) is 4.99. The second kappa shape index (κ2) is 8.22. The molecule has 29 heavy (non-hydrogen) atoms. The molecule has 0 radical (unpaired) electrons. The van der Waals surface area contributed by atoms with Gasteiger partial charge in [-0.1, -0.05) is 36.4 Å². The SMILES string of the molecule is O=C(O)c1cncc(C2=C(c3ccccc3OCc3ccccc3F)CCC2)n1. The summed E-state index contributed by atoms with van der Waals surface area (Å²) in [4.78, 5) is 19.5. The van der Waals surface area contributed by atoms with Crippen LogP contribution in [0.4, 0.5) is 4.39 Å². The van der Waals surface area contributed by atoms with Crippen molar-refractivity contribution in [1.82, 2.24) is 9.97 Å². The van der Waals surface area contributed by atoms with Crippen molar-refractivity contribution in [2.75, 3.05) is 0 Å². The van der Waals surface area contributed by atoms with Crippen LogP contribution in [0.5, 0.6) is 5.75 Å². The molecule has 0 saturated heterocycles. The summed E-state index contributed by atoms with van der Waals surface area (Å²) in [5, 5.41) is 9.21. The monoisotopic (exact) mass is 390 g/mol. The van der Waals surface area contributed by atoms with E-state index in [9.17, 15) is 14.3 Å². The predicted molar refractivity (Wildman–Crippen MR) is 107 cm³/mol. The Kier molecular flexibility index (Phi) is 5.33. The third-order valence-electron chi connectivity index (χ3n) is 4.93. The molecule has 0 bridgehead atoms. The molecule has 146 valence electrons. The number of hydrogen-bond acceptors (Lipinski definition) is 4. The lowest BCUT2D eigenvalue weighted by molar-refractivity contribution is 0.0690. The number of carboxylic acid groups (broad SMARTS) is 1. The quantitative estimate of drug-likeness (QED) is 0.642. The molecule has 1 aliphatic rings. The van der Waals surface area contributed by atoms with Crippen molar-refractivity contribution >= 4 is 17.1 Å². The fourth-order valence-corrected chi connectivity index (χ4v) is 3.55. The van der Waals surface area contributed by atoms with Crippen LogP contribution in [0.1, 0.15) is 46.6 Å². The molecule has 2 aromatic carbocycles. The van der Waals surface area contributed by atoms with Crippen LogP contribution in [0, 0.1) is 5.82 Å². The molecular weight excluding hydrogens is 371 g/mol. The summed E-state index contributed by atoms with van der Waals surface area (Å²) in [6.45, 7) is 0.126. The van der Waals surface area contributed by atoms with Crippen LogP contribution in [0.3, 0.4) is 0 Å². The van der Waals surface area contributed by atoms with E-state index >= 15 is 0 Å². The van der Waals surface area contributed by atoms with E-state index in [0.29, 0.717) is 17.0 Å². The second-order valence-electron chi connectivity index (χ2n) is 6.78. The molecule has 0 fully saturated rings. The van der Waals surface area contributed by atoms with Crippen molar-refractivity contribution in [3.8, 4) is 5.75 Å². The van der Waals surface area contributed by atoms with E-state index in [2.05, 4.69) is 9.97 Å². The Labute approximate surface area is 167 Å². The van der Waals surface area contributed by atoms with E-state index in [4.69, 9.17) is 4.74 Å². The molecule has 1 aromatic heterocycles. The maximum absolute atomic E-state index is 13.9. The number of aromatic carboxylic acids is 1. The Morgan fingerprint density at radius 2 is 1.79 bits per heavy atom. The molecule has 0 amide bonds. The average Bonchev–Trinajstić information content (AvgIpc) is 3.23. The zero-order chi connectivity index (χ0) is 20.2. The molecule has 0 aliphatic heterocycles. The third kappa shape index (κ3) is 4.01. The van der Waals surface area contributed by atoms with Crippen molar-refractivity contribution in [3.63, 3.8) is 0 Å². The molecule has 1 aliphatic carbocycles. The van der Waals surface area contributed by atoms with Crippen molar-refractivity contribution < 1.29 is 19.0 Å². The topological polar surface area (TPSA) is 72.3 Å². The zero-order valence-electron chi connectivity index (χ0n) is 15.6. The van der Waals surface area contributed by atoms with Crippen LogP contribution in [-0.4, -0.2) is 21.0 Å². The number of benzene rings is 2. The largest absolute Gasteiger partial charge is 0.488 e. The third-order valence-corrected chi connectivity index (χ3v) is 4.93. The standard InChI is InChI=1S/C23H19FN2O3/c24-19-10-3-1-6-15(19)14-29-22-11-4-2-7-18(22)16-8-5-9-17(16)20-12-25-13-21(26-20)23(27)28/h1-4,6-7,10-13H,5,8-9,14H2,(H,27,28). The summed E-state index contributed by atoms with van der Waals surface area (Å²) < 4.78 is 19.9. The number of carboxylic acids is 1. The van der Waals surface area contributed by atoms with E-state index in [1.54, 1.807) is 24.4 Å². The molecule has 1 N–H and O–H groups in total. The number of hydrogen-bond donors (Lipinski definition) is 1. The van der Waals surface area contributed by atoms with E-state index in [0.717, 1.165) is 36.0 Å². The molecule has 1 heterocycles. The smallest absolute Gasteiger partial charge is 0.356 e. The number of rotatable bonds is 6. The minimum absolute atomic E-state index is 0.0784. The van der Waals surface area contributed by atoms with Crippen LogP contribution in [0.25, 0.3) is 11.1 Å². The Balaban J connectivity index is 1.69.